The number of aromatic hydroxyl groups is 1. The van der Waals surface area contributed by atoms with Gasteiger partial charge in [-0.2, -0.15) is 13.2 Å². The van der Waals surface area contributed by atoms with Gasteiger partial charge in [0, 0.05) is 6.07 Å². The largest absolute Gasteiger partial charge is 0.509 e. The maximum atomic E-state index is 13.4. The van der Waals surface area contributed by atoms with Crippen molar-refractivity contribution in [3.8, 4) is 23.0 Å². The highest BCUT2D eigenvalue weighted by Crippen LogP contribution is 2.36. The molecular formula is C20H14F3N3O4. The van der Waals surface area contributed by atoms with Crippen LogP contribution in [0, 0.1) is 6.57 Å². The smallest absolute Gasteiger partial charge is 0.437 e. The van der Waals surface area contributed by atoms with Crippen molar-refractivity contribution in [2.45, 2.75) is 12.7 Å². The topological polar surface area (TPSA) is 77.9 Å². The van der Waals surface area contributed by atoms with Crippen LogP contribution in [0.5, 0.6) is 23.0 Å². The molecule has 10 heteroatoms. The Hall–Kier alpha value is -4.00. The van der Waals surface area contributed by atoms with Crippen LogP contribution >= 0.6 is 0 Å². The summed E-state index contributed by atoms with van der Waals surface area (Å²) in [5.74, 6) is -1.16. The molecular weight excluding hydrogens is 403 g/mol. The van der Waals surface area contributed by atoms with Gasteiger partial charge in [0.25, 0.3) is 5.56 Å². The number of rotatable bonds is 5. The highest BCUT2D eigenvalue weighted by atomic mass is 19.4. The number of ether oxygens (including phenoxy) is 2. The zero-order chi connectivity index (χ0) is 21.9. The number of hydrogen-bond donors (Lipinski definition) is 1. The third-order valence-electron chi connectivity index (χ3n) is 4.00. The molecule has 0 spiro atoms. The van der Waals surface area contributed by atoms with Crippen LogP contribution in [0.4, 0.5) is 18.9 Å². The standard InChI is InChI=1S/C20H14F3N3O4/c1-24-13-7-14(27)9-16(8-13)30-17-18(20(21,22)23)25-11-26(19(17)28)10-12-3-5-15(29-2)6-4-12/h3-9,11,27H,10H2,2H3. The number of alkyl halides is 3. The third kappa shape index (κ3) is 4.52. The van der Waals surface area contributed by atoms with Gasteiger partial charge in [-0.25, -0.2) is 9.83 Å². The highest BCUT2D eigenvalue weighted by molar-refractivity contribution is 5.54. The van der Waals surface area contributed by atoms with E-state index in [4.69, 9.17) is 16.0 Å². The molecule has 30 heavy (non-hydrogen) atoms. The van der Waals surface area contributed by atoms with Crippen LogP contribution in [0.25, 0.3) is 4.85 Å². The Morgan fingerprint density at radius 1 is 1.17 bits per heavy atom. The quantitative estimate of drug-likeness (QED) is 0.624. The molecule has 0 saturated carbocycles. The first-order valence-electron chi connectivity index (χ1n) is 8.40. The molecule has 0 aliphatic rings. The van der Waals surface area contributed by atoms with Gasteiger partial charge in [-0.3, -0.25) is 9.36 Å². The number of halogens is 3. The number of benzene rings is 2. The first-order chi connectivity index (χ1) is 14.2. The van der Waals surface area contributed by atoms with Gasteiger partial charge < -0.3 is 14.6 Å². The molecule has 154 valence electrons. The SMILES string of the molecule is [C-]#[N+]c1cc(O)cc(Oc2c(C(F)(F)F)ncn(Cc3ccc(OC)cc3)c2=O)c1. The molecule has 7 nitrogen and oxygen atoms in total. The van der Waals surface area contributed by atoms with Crippen molar-refractivity contribution >= 4 is 5.69 Å². The molecule has 1 heterocycles. The van der Waals surface area contributed by atoms with Crippen LogP contribution in [0.3, 0.4) is 0 Å². The fourth-order valence-electron chi connectivity index (χ4n) is 2.61. The number of methoxy groups -OCH3 is 1. The van der Waals surface area contributed by atoms with Crippen LogP contribution in [0.2, 0.25) is 0 Å². The van der Waals surface area contributed by atoms with Gasteiger partial charge in [-0.05, 0) is 29.8 Å². The van der Waals surface area contributed by atoms with Gasteiger partial charge in [0.15, 0.2) is 11.4 Å². The van der Waals surface area contributed by atoms with E-state index in [-0.39, 0.29) is 18.0 Å². The van der Waals surface area contributed by atoms with E-state index >= 15 is 0 Å². The van der Waals surface area contributed by atoms with Crippen molar-refractivity contribution in [1.82, 2.24) is 9.55 Å². The molecule has 3 rings (SSSR count). The van der Waals surface area contributed by atoms with E-state index in [0.717, 1.165) is 29.1 Å². The number of nitrogens with zero attached hydrogens (tertiary/aromatic N) is 3. The molecule has 0 aliphatic heterocycles. The third-order valence-corrected chi connectivity index (χ3v) is 4.00. The number of phenolic OH excluding ortho intramolecular Hbond substituents is 1. The molecule has 0 unspecified atom stereocenters. The average Bonchev–Trinajstić information content (AvgIpc) is 2.70. The van der Waals surface area contributed by atoms with Crippen molar-refractivity contribution < 1.29 is 27.8 Å². The summed E-state index contributed by atoms with van der Waals surface area (Å²) in [4.78, 5) is 19.2. The van der Waals surface area contributed by atoms with Crippen LogP contribution in [-0.4, -0.2) is 21.8 Å². The molecule has 3 aromatic rings. The molecule has 0 aliphatic carbocycles. The van der Waals surface area contributed by atoms with Gasteiger partial charge in [0.2, 0.25) is 5.75 Å². The lowest BCUT2D eigenvalue weighted by Crippen LogP contribution is -2.26. The lowest BCUT2D eigenvalue weighted by atomic mass is 10.2. The fraction of sp³-hybridized carbons (Fsp3) is 0.150. The summed E-state index contributed by atoms with van der Waals surface area (Å²) in [6.07, 6.45) is -4.16. The van der Waals surface area contributed by atoms with Crippen LogP contribution in [0.1, 0.15) is 11.3 Å². The first-order valence-corrected chi connectivity index (χ1v) is 8.40. The summed E-state index contributed by atoms with van der Waals surface area (Å²) < 4.78 is 51.4. The number of hydrogen-bond acceptors (Lipinski definition) is 5. The summed E-state index contributed by atoms with van der Waals surface area (Å²) in [5.41, 5.74) is -2.02. The van der Waals surface area contributed by atoms with Crippen LogP contribution < -0.4 is 15.0 Å². The Morgan fingerprint density at radius 3 is 2.47 bits per heavy atom. The normalized spacial score (nSPS) is 11.0. The van der Waals surface area contributed by atoms with Gasteiger partial charge >= 0.3 is 6.18 Å². The van der Waals surface area contributed by atoms with E-state index in [0.29, 0.717) is 11.3 Å². The molecule has 0 saturated heterocycles. The number of aromatic nitrogens is 2. The predicted octanol–water partition coefficient (Wildman–Crippen LogP) is 4.37. The lowest BCUT2D eigenvalue weighted by molar-refractivity contribution is -0.142. The van der Waals surface area contributed by atoms with Crippen molar-refractivity contribution in [3.05, 3.63) is 81.8 Å². The second-order valence-electron chi connectivity index (χ2n) is 6.10. The Balaban J connectivity index is 2.05. The minimum Gasteiger partial charge on any atom is -0.509 e. The predicted molar refractivity (Wildman–Crippen MR) is 100 cm³/mol. The first kappa shape index (κ1) is 20.7. The highest BCUT2D eigenvalue weighted by Gasteiger charge is 2.38. The van der Waals surface area contributed by atoms with Crippen molar-refractivity contribution in [3.63, 3.8) is 0 Å². The Kier molecular flexibility index (Phi) is 5.64. The van der Waals surface area contributed by atoms with E-state index in [1.165, 1.54) is 7.11 Å². The van der Waals surface area contributed by atoms with E-state index in [1.54, 1.807) is 24.3 Å². The van der Waals surface area contributed by atoms with E-state index in [9.17, 15) is 23.1 Å². The fourth-order valence-corrected chi connectivity index (χ4v) is 2.61. The molecule has 0 atom stereocenters. The molecule has 1 aromatic heterocycles. The van der Waals surface area contributed by atoms with Crippen LogP contribution in [0.15, 0.2) is 53.6 Å². The minimum absolute atomic E-state index is 0.0579. The molecule has 0 radical (unpaired) electrons. The van der Waals surface area contributed by atoms with Crippen molar-refractivity contribution in [2.24, 2.45) is 0 Å². The van der Waals surface area contributed by atoms with Gasteiger partial charge in [-0.1, -0.05) is 12.1 Å². The summed E-state index contributed by atoms with van der Waals surface area (Å²) >= 11 is 0. The minimum atomic E-state index is -4.95. The second kappa shape index (κ2) is 8.16. The number of phenols is 1. The zero-order valence-electron chi connectivity index (χ0n) is 15.5. The molecule has 0 bridgehead atoms. The average molecular weight is 417 g/mol. The lowest BCUT2D eigenvalue weighted by Gasteiger charge is -2.15. The van der Waals surface area contributed by atoms with Crippen molar-refractivity contribution in [2.75, 3.05) is 7.11 Å². The maximum absolute atomic E-state index is 13.4. The van der Waals surface area contributed by atoms with Crippen LogP contribution in [-0.2, 0) is 12.7 Å². The van der Waals surface area contributed by atoms with E-state index in [2.05, 4.69) is 9.83 Å². The molecule has 0 fully saturated rings. The molecule has 1 N–H and O–H groups in total. The van der Waals surface area contributed by atoms with E-state index < -0.39 is 28.9 Å². The van der Waals surface area contributed by atoms with Crippen molar-refractivity contribution in [1.29, 1.82) is 0 Å². The van der Waals surface area contributed by atoms with Gasteiger partial charge in [0.05, 0.1) is 26.6 Å². The molecule has 0 amide bonds. The summed E-state index contributed by atoms with van der Waals surface area (Å²) in [6, 6.07) is 9.81. The maximum Gasteiger partial charge on any atom is 0.437 e. The van der Waals surface area contributed by atoms with Gasteiger partial charge in [0.1, 0.15) is 17.2 Å². The summed E-state index contributed by atoms with van der Waals surface area (Å²) in [7, 11) is 1.49. The molecule has 2 aromatic carbocycles. The van der Waals surface area contributed by atoms with Gasteiger partial charge in [-0.15, -0.1) is 0 Å². The Labute approximate surface area is 168 Å². The summed E-state index contributed by atoms with van der Waals surface area (Å²) in [6.45, 7) is 6.92. The van der Waals surface area contributed by atoms with E-state index in [1.807, 2.05) is 0 Å². The zero-order valence-corrected chi connectivity index (χ0v) is 15.5. The monoisotopic (exact) mass is 417 g/mol. The summed E-state index contributed by atoms with van der Waals surface area (Å²) in [5, 5.41) is 9.64. The Bertz CT molecular complexity index is 1170. The Morgan fingerprint density at radius 2 is 1.87 bits per heavy atom. The second-order valence-corrected chi connectivity index (χ2v) is 6.10.